The minimum atomic E-state index is -0.587. The molecule has 0 heterocycles. The van der Waals surface area contributed by atoms with Crippen LogP contribution in [0, 0.1) is 5.82 Å². The number of rotatable bonds is 4. The number of hydrogen-bond donors (Lipinski definition) is 1. The number of benzene rings is 2. The van der Waals surface area contributed by atoms with Gasteiger partial charge < -0.3 is 5.32 Å². The van der Waals surface area contributed by atoms with Gasteiger partial charge in [-0.2, -0.15) is 0 Å². The normalized spacial score (nSPS) is 12.2. The molecule has 20 heavy (non-hydrogen) atoms. The highest BCUT2D eigenvalue weighted by Gasteiger charge is 2.10. The van der Waals surface area contributed by atoms with Crippen molar-refractivity contribution in [1.29, 1.82) is 0 Å². The van der Waals surface area contributed by atoms with E-state index in [-0.39, 0.29) is 16.1 Å². The molecule has 0 aliphatic rings. The van der Waals surface area contributed by atoms with Crippen LogP contribution in [0.4, 0.5) is 10.1 Å². The largest absolute Gasteiger partial charge is 0.378 e. The number of halogens is 3. The van der Waals surface area contributed by atoms with Crippen LogP contribution in [0.2, 0.25) is 10.0 Å². The SMILES string of the molecule is CSc1ccc(C(C)Nc2cc(Cl)c(F)c(Cl)c2)cc1. The van der Waals surface area contributed by atoms with Crippen molar-refractivity contribution in [1.82, 2.24) is 0 Å². The van der Waals surface area contributed by atoms with Crippen molar-refractivity contribution in [2.24, 2.45) is 0 Å². The van der Waals surface area contributed by atoms with E-state index in [1.807, 2.05) is 13.2 Å². The molecule has 2 rings (SSSR count). The molecule has 0 amide bonds. The van der Waals surface area contributed by atoms with E-state index in [1.54, 1.807) is 11.8 Å². The highest BCUT2D eigenvalue weighted by Crippen LogP contribution is 2.29. The van der Waals surface area contributed by atoms with Crippen molar-refractivity contribution in [2.75, 3.05) is 11.6 Å². The van der Waals surface area contributed by atoms with Gasteiger partial charge in [0.25, 0.3) is 0 Å². The number of thioether (sulfide) groups is 1. The summed E-state index contributed by atoms with van der Waals surface area (Å²) in [4.78, 5) is 1.22. The molecule has 0 saturated heterocycles. The van der Waals surface area contributed by atoms with E-state index in [2.05, 4.69) is 29.6 Å². The summed E-state index contributed by atoms with van der Waals surface area (Å²) >= 11 is 13.3. The van der Waals surface area contributed by atoms with E-state index in [9.17, 15) is 4.39 Å². The van der Waals surface area contributed by atoms with Crippen LogP contribution < -0.4 is 5.32 Å². The molecule has 0 radical (unpaired) electrons. The van der Waals surface area contributed by atoms with Gasteiger partial charge in [-0.05, 0) is 43.0 Å². The van der Waals surface area contributed by atoms with E-state index in [4.69, 9.17) is 23.2 Å². The second-order valence-corrected chi connectivity index (χ2v) is 6.09. The molecule has 106 valence electrons. The quantitative estimate of drug-likeness (QED) is 0.543. The summed E-state index contributed by atoms with van der Waals surface area (Å²) in [6.07, 6.45) is 2.04. The minimum absolute atomic E-state index is 0.0185. The van der Waals surface area contributed by atoms with Crippen LogP contribution >= 0.6 is 35.0 Å². The maximum absolute atomic E-state index is 13.4. The highest BCUT2D eigenvalue weighted by molar-refractivity contribution is 7.98. The third-order valence-electron chi connectivity index (χ3n) is 2.98. The third kappa shape index (κ3) is 3.60. The lowest BCUT2D eigenvalue weighted by Crippen LogP contribution is -2.06. The average molecular weight is 330 g/mol. The summed E-state index contributed by atoms with van der Waals surface area (Å²) in [7, 11) is 0. The van der Waals surface area contributed by atoms with Crippen LogP contribution in [0.15, 0.2) is 41.3 Å². The Hall–Kier alpha value is -0.900. The maximum Gasteiger partial charge on any atom is 0.160 e. The Morgan fingerprint density at radius 2 is 1.65 bits per heavy atom. The van der Waals surface area contributed by atoms with Crippen LogP contribution in [0.1, 0.15) is 18.5 Å². The molecule has 1 nitrogen and oxygen atoms in total. The molecule has 1 atom stereocenters. The van der Waals surface area contributed by atoms with E-state index in [0.29, 0.717) is 5.69 Å². The molecule has 2 aromatic carbocycles. The van der Waals surface area contributed by atoms with Crippen LogP contribution in [-0.2, 0) is 0 Å². The molecule has 0 aromatic heterocycles. The fourth-order valence-corrected chi connectivity index (χ4v) is 2.76. The van der Waals surface area contributed by atoms with Gasteiger partial charge in [-0.15, -0.1) is 11.8 Å². The van der Waals surface area contributed by atoms with Crippen molar-refractivity contribution >= 4 is 40.7 Å². The van der Waals surface area contributed by atoms with Crippen molar-refractivity contribution in [3.8, 4) is 0 Å². The lowest BCUT2D eigenvalue weighted by Gasteiger charge is -2.16. The molecule has 0 spiro atoms. The van der Waals surface area contributed by atoms with E-state index in [1.165, 1.54) is 17.0 Å². The molecule has 0 fully saturated rings. The average Bonchev–Trinajstić information content (AvgIpc) is 2.44. The van der Waals surface area contributed by atoms with Gasteiger partial charge in [0.05, 0.1) is 10.0 Å². The summed E-state index contributed by atoms with van der Waals surface area (Å²) in [5, 5.41) is 3.30. The standard InChI is InChI=1S/C15H14Cl2FNS/c1-9(10-3-5-12(20-2)6-4-10)19-11-7-13(16)15(18)14(17)8-11/h3-9,19H,1-2H3. The second kappa shape index (κ2) is 6.70. The van der Waals surface area contributed by atoms with Gasteiger partial charge in [0, 0.05) is 16.6 Å². The first-order valence-electron chi connectivity index (χ1n) is 6.06. The third-order valence-corrected chi connectivity index (χ3v) is 4.28. The molecular weight excluding hydrogens is 316 g/mol. The van der Waals surface area contributed by atoms with Gasteiger partial charge in [0.2, 0.25) is 0 Å². The Labute approximate surface area is 132 Å². The predicted molar refractivity (Wildman–Crippen MR) is 86.7 cm³/mol. The zero-order chi connectivity index (χ0) is 14.7. The maximum atomic E-state index is 13.4. The lowest BCUT2D eigenvalue weighted by atomic mass is 10.1. The Morgan fingerprint density at radius 3 is 2.15 bits per heavy atom. The molecule has 0 bridgehead atoms. The van der Waals surface area contributed by atoms with Gasteiger partial charge in [-0.1, -0.05) is 35.3 Å². The Bertz CT molecular complexity index is 578. The van der Waals surface area contributed by atoms with Crippen molar-refractivity contribution in [3.05, 3.63) is 57.8 Å². The zero-order valence-electron chi connectivity index (χ0n) is 11.1. The summed E-state index contributed by atoms with van der Waals surface area (Å²) in [6, 6.07) is 11.4. The van der Waals surface area contributed by atoms with E-state index in [0.717, 1.165) is 5.56 Å². The fraction of sp³-hybridized carbons (Fsp3) is 0.200. The highest BCUT2D eigenvalue weighted by atomic mass is 35.5. The first-order valence-corrected chi connectivity index (χ1v) is 8.04. The summed E-state index contributed by atoms with van der Waals surface area (Å²) in [5.41, 5.74) is 1.84. The lowest BCUT2D eigenvalue weighted by molar-refractivity contribution is 0.628. The number of anilines is 1. The summed E-state index contributed by atoms with van der Waals surface area (Å²) in [6.45, 7) is 2.03. The van der Waals surface area contributed by atoms with Crippen LogP contribution in [-0.4, -0.2) is 6.26 Å². The Kier molecular flexibility index (Phi) is 5.19. The second-order valence-electron chi connectivity index (χ2n) is 4.39. The molecule has 1 unspecified atom stereocenters. The van der Waals surface area contributed by atoms with Gasteiger partial charge in [0.15, 0.2) is 5.82 Å². The Morgan fingerprint density at radius 1 is 1.10 bits per heavy atom. The zero-order valence-corrected chi connectivity index (χ0v) is 13.4. The van der Waals surface area contributed by atoms with Crippen molar-refractivity contribution in [2.45, 2.75) is 17.9 Å². The molecule has 2 aromatic rings. The molecule has 0 saturated carbocycles. The predicted octanol–water partition coefficient (Wildman–Crippen LogP) is 6.03. The minimum Gasteiger partial charge on any atom is -0.378 e. The van der Waals surface area contributed by atoms with Gasteiger partial charge >= 0.3 is 0 Å². The molecule has 0 aliphatic carbocycles. The van der Waals surface area contributed by atoms with Gasteiger partial charge in [-0.25, -0.2) is 4.39 Å². The monoisotopic (exact) mass is 329 g/mol. The van der Waals surface area contributed by atoms with Crippen molar-refractivity contribution < 1.29 is 4.39 Å². The van der Waals surface area contributed by atoms with Crippen LogP contribution in [0.3, 0.4) is 0 Å². The molecule has 1 N–H and O–H groups in total. The van der Waals surface area contributed by atoms with Crippen LogP contribution in [0.25, 0.3) is 0 Å². The van der Waals surface area contributed by atoms with Crippen LogP contribution in [0.5, 0.6) is 0 Å². The topological polar surface area (TPSA) is 12.0 Å². The number of hydrogen-bond acceptors (Lipinski definition) is 2. The fourth-order valence-electron chi connectivity index (χ4n) is 1.86. The van der Waals surface area contributed by atoms with Gasteiger partial charge in [0.1, 0.15) is 0 Å². The first kappa shape index (κ1) is 15.5. The molecule has 5 heteroatoms. The van der Waals surface area contributed by atoms with E-state index < -0.39 is 5.82 Å². The first-order chi connectivity index (χ1) is 9.51. The van der Waals surface area contributed by atoms with E-state index >= 15 is 0 Å². The van der Waals surface area contributed by atoms with Crippen molar-refractivity contribution in [3.63, 3.8) is 0 Å². The molecule has 0 aliphatic heterocycles. The Balaban J connectivity index is 2.16. The summed E-state index contributed by atoms with van der Waals surface area (Å²) < 4.78 is 13.4. The smallest absolute Gasteiger partial charge is 0.160 e. The number of nitrogens with one attached hydrogen (secondary N) is 1. The summed E-state index contributed by atoms with van der Waals surface area (Å²) in [5.74, 6) is -0.587. The molecular formula is C15H14Cl2FNS. The van der Waals surface area contributed by atoms with Gasteiger partial charge in [-0.3, -0.25) is 0 Å².